The molecule has 0 unspecified atom stereocenters. The third kappa shape index (κ3) is 9.33. The molecular weight excluding hydrogens is 688 g/mol. The van der Waals surface area contributed by atoms with Crippen LogP contribution >= 0.6 is 34.8 Å². The number of aliphatic hydroxyl groups is 2. The quantitative estimate of drug-likeness (QED) is 0.191. The highest BCUT2D eigenvalue weighted by molar-refractivity contribution is 6.34. The number of nitrogens with zero attached hydrogens (tertiary/aromatic N) is 1. The molecule has 0 radical (unpaired) electrons. The highest BCUT2D eigenvalue weighted by Crippen LogP contribution is 2.41. The first-order valence-corrected chi connectivity index (χ1v) is 16.2. The van der Waals surface area contributed by atoms with E-state index in [1.54, 1.807) is 30.3 Å². The molecule has 2 saturated carbocycles. The Morgan fingerprint density at radius 3 is 1.85 bits per heavy atom. The number of pyridine rings is 1. The van der Waals surface area contributed by atoms with E-state index in [1.165, 1.54) is 6.07 Å². The third-order valence-electron chi connectivity index (χ3n) is 8.75. The number of carbonyl (C=O) groups excluding carboxylic acids is 1. The molecule has 2 aliphatic carbocycles. The minimum absolute atomic E-state index is 0.0510. The predicted molar refractivity (Wildman–Crippen MR) is 171 cm³/mol. The molecule has 0 saturated heterocycles. The molecule has 0 spiro atoms. The van der Waals surface area contributed by atoms with E-state index in [4.69, 9.17) is 40.5 Å². The fourth-order valence-electron chi connectivity index (χ4n) is 6.01. The summed E-state index contributed by atoms with van der Waals surface area (Å²) in [6, 6.07) is 12.6. The normalized spacial score (nSPS) is 26.0. The summed E-state index contributed by atoms with van der Waals surface area (Å²) < 4.78 is 66.1. The van der Waals surface area contributed by atoms with Crippen molar-refractivity contribution in [3.8, 4) is 0 Å². The van der Waals surface area contributed by atoms with E-state index in [0.29, 0.717) is 47.4 Å². The van der Waals surface area contributed by atoms with Gasteiger partial charge in [0.1, 0.15) is 18.0 Å². The molecule has 1 aromatic heterocycles. The van der Waals surface area contributed by atoms with Crippen LogP contribution in [0.25, 0.3) is 0 Å². The largest absolute Gasteiger partial charge is 0.417 e. The van der Waals surface area contributed by atoms with E-state index >= 15 is 0 Å². The Hall–Kier alpha value is -2.54. The van der Waals surface area contributed by atoms with Gasteiger partial charge >= 0.3 is 6.18 Å². The highest BCUT2D eigenvalue weighted by atomic mass is 35.5. The van der Waals surface area contributed by atoms with Crippen LogP contribution in [0.5, 0.6) is 0 Å². The highest BCUT2D eigenvalue weighted by Gasteiger charge is 2.43. The van der Waals surface area contributed by atoms with Crippen molar-refractivity contribution in [2.24, 2.45) is 5.73 Å². The van der Waals surface area contributed by atoms with Crippen molar-refractivity contribution in [3.05, 3.63) is 98.2 Å². The molecule has 2 fully saturated rings. The summed E-state index contributed by atoms with van der Waals surface area (Å²) in [4.78, 5) is 16.5. The van der Waals surface area contributed by atoms with Gasteiger partial charge in [-0.25, -0.2) is 13.8 Å². The molecule has 2 aliphatic rings. The number of amides is 1. The molecule has 256 valence electrons. The number of carbonyl (C=O) groups is 1. The van der Waals surface area contributed by atoms with Gasteiger partial charge in [0.05, 0.1) is 33.9 Å². The van der Waals surface area contributed by atoms with Crippen molar-refractivity contribution >= 4 is 40.7 Å². The average molecular weight is 723 g/mol. The topological polar surface area (TPSA) is 108 Å². The summed E-state index contributed by atoms with van der Waals surface area (Å²) in [5, 5.41) is 24.3. The summed E-state index contributed by atoms with van der Waals surface area (Å²) in [5.74, 6) is -0.994. The van der Waals surface area contributed by atoms with Gasteiger partial charge in [0.25, 0.3) is 5.91 Å². The summed E-state index contributed by atoms with van der Waals surface area (Å²) in [5.41, 5.74) is 2.98. The van der Waals surface area contributed by atoms with Crippen molar-refractivity contribution in [1.29, 1.82) is 0 Å². The molecular formula is C33H35Cl3F5N3O3. The van der Waals surface area contributed by atoms with Crippen LogP contribution < -0.4 is 11.1 Å². The van der Waals surface area contributed by atoms with Gasteiger partial charge in [-0.2, -0.15) is 13.2 Å². The Morgan fingerprint density at radius 2 is 1.34 bits per heavy atom. The van der Waals surface area contributed by atoms with Gasteiger partial charge in [0.15, 0.2) is 0 Å². The van der Waals surface area contributed by atoms with Crippen LogP contribution in [0.2, 0.25) is 15.1 Å². The smallest absolute Gasteiger partial charge is 0.388 e. The summed E-state index contributed by atoms with van der Waals surface area (Å²) in [6.07, 6.45) is -3.95. The molecule has 2 aromatic carbocycles. The predicted octanol–water partition coefficient (Wildman–Crippen LogP) is 8.50. The lowest BCUT2D eigenvalue weighted by Crippen LogP contribution is -2.48. The maximum Gasteiger partial charge on any atom is 0.417 e. The molecule has 3 aromatic rings. The van der Waals surface area contributed by atoms with Gasteiger partial charge in [-0.05, 0) is 92.8 Å². The molecule has 1 heterocycles. The fraction of sp³-hybridized carbons (Fsp3) is 0.455. The summed E-state index contributed by atoms with van der Waals surface area (Å²) in [6.45, 7) is 0. The SMILES string of the molecule is N[C@@H](c1cccc(Cl)c1)C1(O)CCC(F)CC1.O=C(N[C@@H](c1cccc(Cl)c1)C1(O)CCC(F)CC1)c1nccc(C(F)(F)F)c1Cl. The number of benzene rings is 2. The van der Waals surface area contributed by atoms with Crippen molar-refractivity contribution in [3.63, 3.8) is 0 Å². The monoisotopic (exact) mass is 721 g/mol. The van der Waals surface area contributed by atoms with Crippen LogP contribution in [-0.2, 0) is 6.18 Å². The molecule has 14 heteroatoms. The van der Waals surface area contributed by atoms with Crippen LogP contribution in [0.15, 0.2) is 60.8 Å². The first-order valence-electron chi connectivity index (χ1n) is 15.0. The lowest BCUT2D eigenvalue weighted by Gasteiger charge is -2.40. The average Bonchev–Trinajstić information content (AvgIpc) is 3.02. The van der Waals surface area contributed by atoms with Gasteiger partial charge in [-0.15, -0.1) is 0 Å². The molecule has 6 nitrogen and oxygen atoms in total. The van der Waals surface area contributed by atoms with Crippen molar-refractivity contribution in [1.82, 2.24) is 10.3 Å². The van der Waals surface area contributed by atoms with Gasteiger partial charge in [0, 0.05) is 16.2 Å². The number of aromatic nitrogens is 1. The third-order valence-corrected chi connectivity index (χ3v) is 9.61. The summed E-state index contributed by atoms with van der Waals surface area (Å²) >= 11 is 17.7. The molecule has 0 aliphatic heterocycles. The number of hydrogen-bond donors (Lipinski definition) is 4. The lowest BCUT2D eigenvalue weighted by molar-refractivity contribution is -0.137. The standard InChI is InChI=1S/C20H18Cl2F4N2O2.C13H17ClFNO/c21-12-3-1-2-11(10-12)17(19(30)7-4-13(23)5-8-19)28-18(29)16-15(22)14(6-9-27-16)20(24,25)26;14-10-3-1-2-9(8-10)12(16)13(17)6-4-11(15)5-7-13/h1-3,6,9-10,13,17,30H,4-5,7-8H2,(H,28,29);1-3,8,11-12,17H,4-7,16H2/t13?,17-,19?;11?,12-,13?/m00/s1. The Kier molecular flexibility index (Phi) is 12.2. The van der Waals surface area contributed by atoms with E-state index in [0.717, 1.165) is 11.8 Å². The Bertz CT molecular complexity index is 1530. The number of alkyl halides is 5. The van der Waals surface area contributed by atoms with E-state index in [-0.39, 0.29) is 25.7 Å². The minimum atomic E-state index is -4.76. The van der Waals surface area contributed by atoms with E-state index in [2.05, 4.69) is 10.3 Å². The first-order chi connectivity index (χ1) is 22.0. The van der Waals surface area contributed by atoms with Gasteiger partial charge < -0.3 is 21.3 Å². The van der Waals surface area contributed by atoms with Gasteiger partial charge in [-0.3, -0.25) is 4.79 Å². The molecule has 0 bridgehead atoms. The molecule has 47 heavy (non-hydrogen) atoms. The van der Waals surface area contributed by atoms with Crippen LogP contribution in [0, 0.1) is 0 Å². The molecule has 5 rings (SSSR count). The zero-order chi connectivity index (χ0) is 34.6. The van der Waals surface area contributed by atoms with Crippen molar-refractivity contribution < 1.29 is 37.0 Å². The Balaban J connectivity index is 0.000000248. The number of nitrogens with one attached hydrogen (secondary N) is 1. The Morgan fingerprint density at radius 1 is 0.851 bits per heavy atom. The molecule has 5 N–H and O–H groups in total. The van der Waals surface area contributed by atoms with Gasteiger partial charge in [-0.1, -0.05) is 59.1 Å². The van der Waals surface area contributed by atoms with Crippen LogP contribution in [-0.4, -0.2) is 44.6 Å². The van der Waals surface area contributed by atoms with E-state index in [9.17, 15) is 37.0 Å². The second-order valence-corrected chi connectivity index (χ2v) is 13.3. The second-order valence-electron chi connectivity index (χ2n) is 12.1. The van der Waals surface area contributed by atoms with Crippen LogP contribution in [0.1, 0.15) is 90.6 Å². The molecule has 1 amide bonds. The fourth-order valence-corrected chi connectivity index (χ4v) is 6.71. The van der Waals surface area contributed by atoms with Crippen molar-refractivity contribution in [2.45, 2.75) is 93.2 Å². The second kappa shape index (κ2) is 15.3. The van der Waals surface area contributed by atoms with Crippen LogP contribution in [0.3, 0.4) is 0 Å². The van der Waals surface area contributed by atoms with E-state index in [1.807, 2.05) is 12.1 Å². The van der Waals surface area contributed by atoms with Gasteiger partial charge in [0.2, 0.25) is 0 Å². The zero-order valence-electron chi connectivity index (χ0n) is 25.1. The number of halogens is 8. The number of nitrogens with two attached hydrogens (primary N) is 1. The lowest BCUT2D eigenvalue weighted by atomic mass is 9.76. The number of hydrogen-bond acceptors (Lipinski definition) is 5. The number of rotatable bonds is 6. The maximum atomic E-state index is 13.6. The minimum Gasteiger partial charge on any atom is -0.388 e. The Labute approximate surface area is 284 Å². The van der Waals surface area contributed by atoms with Crippen LogP contribution in [0.4, 0.5) is 22.0 Å². The van der Waals surface area contributed by atoms with Crippen molar-refractivity contribution in [2.75, 3.05) is 0 Å². The summed E-state index contributed by atoms with van der Waals surface area (Å²) in [7, 11) is 0. The zero-order valence-corrected chi connectivity index (χ0v) is 27.4. The van der Waals surface area contributed by atoms with E-state index < -0.39 is 64.0 Å². The molecule has 2 atom stereocenters. The first kappa shape index (κ1) is 37.3. The maximum absolute atomic E-state index is 13.6.